The Morgan fingerprint density at radius 2 is 1.87 bits per heavy atom. The molecule has 120 valence electrons. The molecule has 0 bridgehead atoms. The van der Waals surface area contributed by atoms with Crippen LogP contribution in [0.1, 0.15) is 5.56 Å². The number of ether oxygens (including phenoxy) is 1. The Morgan fingerprint density at radius 1 is 1.17 bits per heavy atom. The molecular weight excluding hydrogens is 374 g/mol. The second-order valence-corrected chi connectivity index (χ2v) is 6.26. The lowest BCUT2D eigenvalue weighted by Gasteiger charge is -2.17. The zero-order valence-corrected chi connectivity index (χ0v) is 15.2. The molecule has 0 fully saturated rings. The Kier molecular flexibility index (Phi) is 7.23. The highest BCUT2D eigenvalue weighted by Gasteiger charge is 2.10. The number of hydrogen-bond donors (Lipinski definition) is 0. The molecule has 0 N–H and O–H groups in total. The summed E-state index contributed by atoms with van der Waals surface area (Å²) in [6.07, 6.45) is 1.82. The Hall–Kier alpha value is -1.72. The molecule has 0 unspecified atom stereocenters. The topological polar surface area (TPSA) is 29.5 Å². The molecule has 0 heterocycles. The van der Waals surface area contributed by atoms with Crippen LogP contribution in [-0.4, -0.2) is 23.2 Å². The number of rotatable bonds is 7. The van der Waals surface area contributed by atoms with Crippen molar-refractivity contribution in [2.24, 2.45) is 0 Å². The molecule has 5 heteroatoms. The molecule has 23 heavy (non-hydrogen) atoms. The average molecular weight is 392 g/mol. The maximum absolute atomic E-state index is 12.1. The number of halogens is 1. The van der Waals surface area contributed by atoms with Gasteiger partial charge in [0.1, 0.15) is 5.75 Å². The van der Waals surface area contributed by atoms with E-state index in [1.54, 1.807) is 23.8 Å². The molecule has 0 aliphatic carbocycles. The van der Waals surface area contributed by atoms with Crippen LogP contribution in [0.5, 0.6) is 5.75 Å². The van der Waals surface area contributed by atoms with Crippen LogP contribution >= 0.6 is 27.7 Å². The van der Waals surface area contributed by atoms with Gasteiger partial charge in [-0.2, -0.15) is 0 Å². The van der Waals surface area contributed by atoms with E-state index in [0.29, 0.717) is 11.9 Å². The van der Waals surface area contributed by atoms with E-state index in [0.717, 1.165) is 16.2 Å². The highest BCUT2D eigenvalue weighted by Crippen LogP contribution is 2.19. The Labute approximate surface area is 149 Å². The maximum atomic E-state index is 12.1. The van der Waals surface area contributed by atoms with Gasteiger partial charge in [-0.25, -0.2) is 0 Å². The van der Waals surface area contributed by atoms with E-state index in [4.69, 9.17) is 4.74 Å². The zero-order chi connectivity index (χ0) is 16.5. The highest BCUT2D eigenvalue weighted by atomic mass is 79.9. The van der Waals surface area contributed by atoms with Crippen molar-refractivity contribution in [3.63, 3.8) is 0 Å². The van der Waals surface area contributed by atoms with Crippen LogP contribution in [0.3, 0.4) is 0 Å². The number of methoxy groups -OCH3 is 1. The summed E-state index contributed by atoms with van der Waals surface area (Å²) < 4.78 is 5.15. The zero-order valence-electron chi connectivity index (χ0n) is 12.8. The second-order valence-electron chi connectivity index (χ2n) is 4.72. The first-order valence-corrected chi connectivity index (χ1v) is 9.10. The first-order chi connectivity index (χ1) is 11.2. The largest absolute Gasteiger partial charge is 0.497 e. The van der Waals surface area contributed by atoms with Crippen molar-refractivity contribution in [3.8, 4) is 5.75 Å². The van der Waals surface area contributed by atoms with Gasteiger partial charge in [-0.15, -0.1) is 0 Å². The molecule has 0 aliphatic heterocycles. The molecule has 0 aliphatic rings. The normalized spacial score (nSPS) is 10.7. The first kappa shape index (κ1) is 17.6. The van der Waals surface area contributed by atoms with Crippen molar-refractivity contribution in [1.82, 2.24) is 4.90 Å². The van der Waals surface area contributed by atoms with Gasteiger partial charge < -0.3 is 9.64 Å². The quantitative estimate of drug-likeness (QED) is 0.506. The van der Waals surface area contributed by atoms with Crippen LogP contribution in [0.4, 0.5) is 0 Å². The number of nitrogens with zero attached hydrogens (tertiary/aromatic N) is 1. The minimum atomic E-state index is 0.0192. The smallest absolute Gasteiger partial charge is 0.237 e. The van der Waals surface area contributed by atoms with Crippen molar-refractivity contribution < 1.29 is 9.53 Å². The van der Waals surface area contributed by atoms with Gasteiger partial charge in [0.05, 0.1) is 19.0 Å². The summed E-state index contributed by atoms with van der Waals surface area (Å²) in [6, 6.07) is 17.8. The predicted molar refractivity (Wildman–Crippen MR) is 98.8 cm³/mol. The standard InChI is InChI=1S/C18H18BrNO2S/c1-22-16-9-7-15(8-10-16)14-20(18(21)13-19)11-12-23-17-5-3-2-4-6-17/h2-12H,13-14H2,1H3/b12-11+. The number of amides is 1. The molecule has 0 spiro atoms. The van der Waals surface area contributed by atoms with Crippen molar-refractivity contribution in [3.05, 3.63) is 71.8 Å². The third kappa shape index (κ3) is 5.77. The first-order valence-electron chi connectivity index (χ1n) is 7.09. The van der Waals surface area contributed by atoms with Gasteiger partial charge in [0, 0.05) is 11.1 Å². The Balaban J connectivity index is 2.02. The summed E-state index contributed by atoms with van der Waals surface area (Å²) in [6.45, 7) is 0.528. The van der Waals surface area contributed by atoms with Gasteiger partial charge in [-0.3, -0.25) is 4.79 Å². The van der Waals surface area contributed by atoms with Gasteiger partial charge in [0.15, 0.2) is 0 Å². The second kappa shape index (κ2) is 9.43. The van der Waals surface area contributed by atoms with E-state index in [-0.39, 0.29) is 5.91 Å². The van der Waals surface area contributed by atoms with E-state index in [1.807, 2.05) is 66.2 Å². The molecule has 0 saturated heterocycles. The highest BCUT2D eigenvalue weighted by molar-refractivity contribution is 9.09. The minimum absolute atomic E-state index is 0.0192. The van der Waals surface area contributed by atoms with Crippen LogP contribution < -0.4 is 4.74 Å². The van der Waals surface area contributed by atoms with Crippen molar-refractivity contribution in [2.75, 3.05) is 12.4 Å². The fourth-order valence-corrected chi connectivity index (χ4v) is 2.91. The summed E-state index contributed by atoms with van der Waals surface area (Å²) in [5.41, 5.74) is 1.05. The summed E-state index contributed by atoms with van der Waals surface area (Å²) in [5, 5.41) is 2.23. The van der Waals surface area contributed by atoms with Crippen LogP contribution in [0.2, 0.25) is 0 Å². The Bertz CT molecular complexity index is 644. The lowest BCUT2D eigenvalue weighted by molar-refractivity contribution is -0.126. The molecule has 2 aromatic carbocycles. The molecule has 0 saturated carbocycles. The van der Waals surface area contributed by atoms with E-state index in [9.17, 15) is 4.79 Å². The Morgan fingerprint density at radius 3 is 2.48 bits per heavy atom. The van der Waals surface area contributed by atoms with Gasteiger partial charge >= 0.3 is 0 Å². The van der Waals surface area contributed by atoms with Crippen LogP contribution in [-0.2, 0) is 11.3 Å². The lowest BCUT2D eigenvalue weighted by atomic mass is 10.2. The van der Waals surface area contributed by atoms with E-state index in [2.05, 4.69) is 15.9 Å². The van der Waals surface area contributed by atoms with Crippen molar-refractivity contribution in [1.29, 1.82) is 0 Å². The third-order valence-corrected chi connectivity index (χ3v) is 4.42. The van der Waals surface area contributed by atoms with Crippen LogP contribution in [0.15, 0.2) is 71.1 Å². The molecule has 1 amide bonds. The third-order valence-electron chi connectivity index (χ3n) is 3.13. The number of carbonyl (C=O) groups is 1. The number of hydrogen-bond acceptors (Lipinski definition) is 3. The molecule has 0 radical (unpaired) electrons. The van der Waals surface area contributed by atoms with E-state index < -0.39 is 0 Å². The summed E-state index contributed by atoms with van der Waals surface area (Å²) >= 11 is 4.82. The molecule has 0 aromatic heterocycles. The summed E-state index contributed by atoms with van der Waals surface area (Å²) in [4.78, 5) is 14.9. The summed E-state index contributed by atoms with van der Waals surface area (Å²) in [5.74, 6) is 0.827. The predicted octanol–water partition coefficient (Wildman–Crippen LogP) is 4.68. The molecule has 0 atom stereocenters. The van der Waals surface area contributed by atoms with E-state index in [1.165, 1.54) is 0 Å². The van der Waals surface area contributed by atoms with Crippen molar-refractivity contribution in [2.45, 2.75) is 11.4 Å². The fourth-order valence-electron chi connectivity index (χ4n) is 1.91. The van der Waals surface area contributed by atoms with Gasteiger partial charge in [-0.05, 0) is 35.2 Å². The fraction of sp³-hybridized carbons (Fsp3) is 0.167. The average Bonchev–Trinajstić information content (AvgIpc) is 2.61. The molecule has 3 nitrogen and oxygen atoms in total. The monoisotopic (exact) mass is 391 g/mol. The van der Waals surface area contributed by atoms with Crippen molar-refractivity contribution >= 4 is 33.6 Å². The maximum Gasteiger partial charge on any atom is 0.237 e. The van der Waals surface area contributed by atoms with Gasteiger partial charge in [-0.1, -0.05) is 58.0 Å². The molecular formula is C18H18BrNO2S. The summed E-state index contributed by atoms with van der Waals surface area (Å²) in [7, 11) is 1.64. The van der Waals surface area contributed by atoms with Crippen LogP contribution in [0.25, 0.3) is 0 Å². The number of benzene rings is 2. The van der Waals surface area contributed by atoms with Gasteiger partial charge in [0.25, 0.3) is 0 Å². The number of alkyl halides is 1. The molecule has 2 rings (SSSR count). The lowest BCUT2D eigenvalue weighted by Crippen LogP contribution is -2.25. The van der Waals surface area contributed by atoms with Crippen LogP contribution in [0, 0.1) is 0 Å². The van der Waals surface area contributed by atoms with Gasteiger partial charge in [0.2, 0.25) is 5.91 Å². The minimum Gasteiger partial charge on any atom is -0.497 e. The SMILES string of the molecule is COc1ccc(CN(/C=C/Sc2ccccc2)C(=O)CBr)cc1. The number of thioether (sulfide) groups is 1. The van der Waals surface area contributed by atoms with E-state index >= 15 is 0 Å². The molecule has 2 aromatic rings. The number of carbonyl (C=O) groups excluding carboxylic acids is 1.